The van der Waals surface area contributed by atoms with Crippen LogP contribution in [0.3, 0.4) is 0 Å². The molecule has 1 atom stereocenters. The average molecular weight is 239 g/mol. The van der Waals surface area contributed by atoms with Gasteiger partial charge in [0.25, 0.3) is 0 Å². The van der Waals surface area contributed by atoms with E-state index in [1.54, 1.807) is 19.1 Å². The summed E-state index contributed by atoms with van der Waals surface area (Å²) in [4.78, 5) is 0.162. The van der Waals surface area contributed by atoms with E-state index in [1.165, 1.54) is 19.2 Å². The molecule has 0 heterocycles. The third-order valence-corrected chi connectivity index (χ3v) is 3.51. The highest BCUT2D eigenvalue weighted by molar-refractivity contribution is 7.89. The standard InChI is InChI=1S/C11H13NO3S/c1-4-9(2)12-16(13,14)11-7-5-10(15-3)6-8-11/h1,5-9,12H,2-3H3/t9-/m1/s1. The van der Waals surface area contributed by atoms with E-state index >= 15 is 0 Å². The van der Waals surface area contributed by atoms with E-state index in [0.717, 1.165) is 0 Å². The van der Waals surface area contributed by atoms with E-state index < -0.39 is 16.1 Å². The molecular weight excluding hydrogens is 226 g/mol. The van der Waals surface area contributed by atoms with Gasteiger partial charge in [-0.25, -0.2) is 8.42 Å². The van der Waals surface area contributed by atoms with Crippen molar-refractivity contribution in [3.8, 4) is 18.1 Å². The van der Waals surface area contributed by atoms with Gasteiger partial charge in [-0.05, 0) is 31.2 Å². The topological polar surface area (TPSA) is 55.4 Å². The highest BCUT2D eigenvalue weighted by Gasteiger charge is 2.15. The first-order valence-electron chi connectivity index (χ1n) is 4.62. The van der Waals surface area contributed by atoms with Crippen LogP contribution in [0.1, 0.15) is 6.92 Å². The Balaban J connectivity index is 2.95. The van der Waals surface area contributed by atoms with Gasteiger partial charge in [-0.2, -0.15) is 4.72 Å². The van der Waals surface area contributed by atoms with Crippen molar-refractivity contribution in [2.24, 2.45) is 0 Å². The van der Waals surface area contributed by atoms with Gasteiger partial charge in [-0.15, -0.1) is 6.42 Å². The zero-order chi connectivity index (χ0) is 12.2. The summed E-state index contributed by atoms with van der Waals surface area (Å²) in [6, 6.07) is 5.55. The molecule has 4 nitrogen and oxygen atoms in total. The molecule has 0 spiro atoms. The van der Waals surface area contributed by atoms with Gasteiger partial charge in [0.05, 0.1) is 18.0 Å². The Kier molecular flexibility index (Phi) is 3.93. The number of terminal acetylenes is 1. The Morgan fingerprint density at radius 1 is 1.38 bits per heavy atom. The van der Waals surface area contributed by atoms with E-state index in [2.05, 4.69) is 10.6 Å². The van der Waals surface area contributed by atoms with Gasteiger partial charge in [0, 0.05) is 0 Å². The molecule has 0 saturated carbocycles. The molecule has 0 aliphatic carbocycles. The smallest absolute Gasteiger partial charge is 0.241 e. The molecule has 1 N–H and O–H groups in total. The number of benzene rings is 1. The van der Waals surface area contributed by atoms with Crippen LogP contribution in [0.2, 0.25) is 0 Å². The van der Waals surface area contributed by atoms with Crippen molar-refractivity contribution in [2.45, 2.75) is 17.9 Å². The summed E-state index contributed by atoms with van der Waals surface area (Å²) in [6.45, 7) is 1.60. The van der Waals surface area contributed by atoms with Gasteiger partial charge < -0.3 is 4.74 Å². The van der Waals surface area contributed by atoms with Crippen LogP contribution in [-0.4, -0.2) is 21.6 Å². The van der Waals surface area contributed by atoms with Crippen molar-refractivity contribution < 1.29 is 13.2 Å². The molecule has 0 unspecified atom stereocenters. The van der Waals surface area contributed by atoms with Crippen LogP contribution >= 0.6 is 0 Å². The number of nitrogens with one attached hydrogen (secondary N) is 1. The molecule has 0 aliphatic rings. The van der Waals surface area contributed by atoms with Gasteiger partial charge >= 0.3 is 0 Å². The maximum atomic E-state index is 11.8. The molecule has 86 valence electrons. The predicted molar refractivity (Wildman–Crippen MR) is 61.6 cm³/mol. The van der Waals surface area contributed by atoms with Crippen LogP contribution in [0, 0.1) is 12.3 Å². The number of methoxy groups -OCH3 is 1. The van der Waals surface area contributed by atoms with E-state index in [1.807, 2.05) is 0 Å². The normalized spacial score (nSPS) is 12.8. The molecule has 0 bridgehead atoms. The first-order valence-corrected chi connectivity index (χ1v) is 6.10. The Bertz CT molecular complexity index is 485. The number of hydrogen-bond donors (Lipinski definition) is 1. The summed E-state index contributed by atoms with van der Waals surface area (Å²) < 4.78 is 30.8. The fourth-order valence-corrected chi connectivity index (χ4v) is 2.25. The molecule has 0 fully saturated rings. The van der Waals surface area contributed by atoms with Crippen molar-refractivity contribution in [1.29, 1.82) is 0 Å². The lowest BCUT2D eigenvalue weighted by Gasteiger charge is -2.09. The first-order chi connectivity index (χ1) is 7.49. The lowest BCUT2D eigenvalue weighted by molar-refractivity contribution is 0.414. The molecule has 0 amide bonds. The van der Waals surface area contributed by atoms with Crippen LogP contribution in [-0.2, 0) is 10.0 Å². The maximum absolute atomic E-state index is 11.8. The highest BCUT2D eigenvalue weighted by Crippen LogP contribution is 2.15. The number of hydrogen-bond acceptors (Lipinski definition) is 3. The summed E-state index contributed by atoms with van der Waals surface area (Å²) in [7, 11) is -2.03. The molecule has 0 aromatic heterocycles. The summed E-state index contributed by atoms with van der Waals surface area (Å²) in [5, 5.41) is 0. The van der Waals surface area contributed by atoms with Crippen LogP contribution in [0.5, 0.6) is 5.75 Å². The van der Waals surface area contributed by atoms with Crippen molar-refractivity contribution in [1.82, 2.24) is 4.72 Å². The number of sulfonamides is 1. The SMILES string of the molecule is C#C[C@@H](C)NS(=O)(=O)c1ccc(OC)cc1. The van der Waals surface area contributed by atoms with E-state index in [4.69, 9.17) is 11.2 Å². The lowest BCUT2D eigenvalue weighted by atomic mass is 10.3. The second-order valence-electron chi connectivity index (χ2n) is 3.19. The predicted octanol–water partition coefficient (Wildman–Crippen LogP) is 0.995. The van der Waals surface area contributed by atoms with Crippen molar-refractivity contribution >= 4 is 10.0 Å². The van der Waals surface area contributed by atoms with Gasteiger partial charge in [0.2, 0.25) is 10.0 Å². The maximum Gasteiger partial charge on any atom is 0.241 e. The molecule has 1 aromatic carbocycles. The van der Waals surface area contributed by atoms with Crippen LogP contribution in [0.15, 0.2) is 29.2 Å². The number of rotatable bonds is 4. The van der Waals surface area contributed by atoms with Gasteiger partial charge in [-0.3, -0.25) is 0 Å². The molecule has 5 heteroatoms. The Morgan fingerprint density at radius 2 is 1.94 bits per heavy atom. The fourth-order valence-electron chi connectivity index (χ4n) is 1.09. The van der Waals surface area contributed by atoms with Gasteiger partial charge in [-0.1, -0.05) is 5.92 Å². The zero-order valence-electron chi connectivity index (χ0n) is 9.10. The first kappa shape index (κ1) is 12.6. The zero-order valence-corrected chi connectivity index (χ0v) is 9.91. The van der Waals surface area contributed by atoms with Crippen molar-refractivity contribution in [2.75, 3.05) is 7.11 Å². The molecule has 0 aliphatic heterocycles. The second-order valence-corrected chi connectivity index (χ2v) is 4.90. The Morgan fingerprint density at radius 3 is 2.38 bits per heavy atom. The highest BCUT2D eigenvalue weighted by atomic mass is 32.2. The van der Waals surface area contributed by atoms with Crippen molar-refractivity contribution in [3.05, 3.63) is 24.3 Å². The van der Waals surface area contributed by atoms with Crippen molar-refractivity contribution in [3.63, 3.8) is 0 Å². The third kappa shape index (κ3) is 2.99. The number of ether oxygens (including phenoxy) is 1. The minimum absolute atomic E-state index is 0.162. The average Bonchev–Trinajstić information content (AvgIpc) is 2.28. The molecule has 0 saturated heterocycles. The van der Waals surface area contributed by atoms with Crippen LogP contribution in [0.25, 0.3) is 0 Å². The molecule has 0 radical (unpaired) electrons. The van der Waals surface area contributed by atoms with Crippen LogP contribution < -0.4 is 9.46 Å². The summed E-state index contributed by atoms with van der Waals surface area (Å²) in [6.07, 6.45) is 5.11. The molecule has 1 aromatic rings. The summed E-state index contributed by atoms with van der Waals surface area (Å²) in [5.74, 6) is 2.90. The molecule has 16 heavy (non-hydrogen) atoms. The van der Waals surface area contributed by atoms with Gasteiger partial charge in [0.1, 0.15) is 5.75 Å². The lowest BCUT2D eigenvalue weighted by Crippen LogP contribution is -2.31. The monoisotopic (exact) mass is 239 g/mol. The fraction of sp³-hybridized carbons (Fsp3) is 0.273. The van der Waals surface area contributed by atoms with E-state index in [9.17, 15) is 8.42 Å². The molecular formula is C11H13NO3S. The summed E-state index contributed by atoms with van der Waals surface area (Å²) in [5.41, 5.74) is 0. The van der Waals surface area contributed by atoms with E-state index in [-0.39, 0.29) is 4.90 Å². The van der Waals surface area contributed by atoms with E-state index in [0.29, 0.717) is 5.75 Å². The summed E-state index contributed by atoms with van der Waals surface area (Å²) >= 11 is 0. The van der Waals surface area contributed by atoms with Crippen LogP contribution in [0.4, 0.5) is 0 Å². The second kappa shape index (κ2) is 5.01. The largest absolute Gasteiger partial charge is 0.497 e. The Labute approximate surface area is 95.7 Å². The Hall–Kier alpha value is -1.51. The minimum atomic E-state index is -3.54. The third-order valence-electron chi connectivity index (χ3n) is 1.95. The molecule has 1 rings (SSSR count). The quantitative estimate of drug-likeness (QED) is 0.797. The minimum Gasteiger partial charge on any atom is -0.497 e. The van der Waals surface area contributed by atoms with Gasteiger partial charge in [0.15, 0.2) is 0 Å².